The molecule has 84 valence electrons. The molecule has 0 fully saturated rings. The third-order valence-corrected chi connectivity index (χ3v) is 3.45. The topological polar surface area (TPSA) is 38.3 Å². The standard InChI is InChI=1S/C11H17NO2S/c1-4-11(2,10(13)14-3)12-8-9-6-5-7-15-9/h5-7,12H,4,8H2,1-3H3. The van der Waals surface area contributed by atoms with Crippen LogP contribution in [-0.4, -0.2) is 18.6 Å². The van der Waals surface area contributed by atoms with Gasteiger partial charge in [-0.1, -0.05) is 13.0 Å². The van der Waals surface area contributed by atoms with Crippen LogP contribution in [0, 0.1) is 0 Å². The van der Waals surface area contributed by atoms with Crippen molar-refractivity contribution < 1.29 is 9.53 Å². The zero-order valence-corrected chi connectivity index (χ0v) is 10.2. The van der Waals surface area contributed by atoms with Crippen LogP contribution in [0.4, 0.5) is 0 Å². The Hall–Kier alpha value is -0.870. The van der Waals surface area contributed by atoms with E-state index in [1.807, 2.05) is 31.4 Å². The van der Waals surface area contributed by atoms with Crippen molar-refractivity contribution in [3.8, 4) is 0 Å². The highest BCUT2D eigenvalue weighted by atomic mass is 32.1. The number of hydrogen-bond acceptors (Lipinski definition) is 4. The number of esters is 1. The van der Waals surface area contributed by atoms with Crippen LogP contribution < -0.4 is 5.32 Å². The quantitative estimate of drug-likeness (QED) is 0.784. The summed E-state index contributed by atoms with van der Waals surface area (Å²) in [4.78, 5) is 12.8. The van der Waals surface area contributed by atoms with E-state index in [0.29, 0.717) is 13.0 Å². The fraction of sp³-hybridized carbons (Fsp3) is 0.545. The lowest BCUT2D eigenvalue weighted by Crippen LogP contribution is -2.49. The second-order valence-corrected chi connectivity index (χ2v) is 4.64. The molecule has 1 heterocycles. The number of ether oxygens (including phenoxy) is 1. The first-order valence-electron chi connectivity index (χ1n) is 4.98. The summed E-state index contributed by atoms with van der Waals surface area (Å²) in [5, 5.41) is 5.26. The van der Waals surface area contributed by atoms with Crippen LogP contribution in [0.5, 0.6) is 0 Å². The number of thiophene rings is 1. The first kappa shape index (κ1) is 12.2. The Morgan fingerprint density at radius 2 is 2.40 bits per heavy atom. The monoisotopic (exact) mass is 227 g/mol. The minimum atomic E-state index is -0.585. The summed E-state index contributed by atoms with van der Waals surface area (Å²) >= 11 is 1.68. The van der Waals surface area contributed by atoms with Crippen LogP contribution in [0.2, 0.25) is 0 Å². The van der Waals surface area contributed by atoms with E-state index in [9.17, 15) is 4.79 Å². The van der Waals surface area contributed by atoms with Gasteiger partial charge >= 0.3 is 5.97 Å². The number of carbonyl (C=O) groups is 1. The first-order chi connectivity index (χ1) is 7.12. The van der Waals surface area contributed by atoms with Crippen molar-refractivity contribution in [3.05, 3.63) is 22.4 Å². The zero-order chi connectivity index (χ0) is 11.3. The third-order valence-electron chi connectivity index (χ3n) is 2.58. The lowest BCUT2D eigenvalue weighted by atomic mass is 9.99. The number of rotatable bonds is 5. The van der Waals surface area contributed by atoms with Gasteiger partial charge in [0.05, 0.1) is 7.11 Å². The van der Waals surface area contributed by atoms with Crippen LogP contribution >= 0.6 is 11.3 Å². The highest BCUT2D eigenvalue weighted by molar-refractivity contribution is 7.09. The van der Waals surface area contributed by atoms with E-state index >= 15 is 0 Å². The average molecular weight is 227 g/mol. The van der Waals surface area contributed by atoms with Gasteiger partial charge in [-0.2, -0.15) is 0 Å². The average Bonchev–Trinajstić information content (AvgIpc) is 2.77. The fourth-order valence-corrected chi connectivity index (χ4v) is 1.91. The van der Waals surface area contributed by atoms with Crippen LogP contribution in [-0.2, 0) is 16.1 Å². The Morgan fingerprint density at radius 3 is 2.87 bits per heavy atom. The predicted octanol–water partition coefficient (Wildman–Crippen LogP) is 2.18. The molecule has 0 aliphatic heterocycles. The molecule has 0 aliphatic carbocycles. The molecule has 0 aromatic carbocycles. The van der Waals surface area contributed by atoms with Crippen molar-refractivity contribution in [3.63, 3.8) is 0 Å². The third kappa shape index (κ3) is 3.04. The molecule has 15 heavy (non-hydrogen) atoms. The maximum absolute atomic E-state index is 11.5. The molecule has 1 unspecified atom stereocenters. The Balaban J connectivity index is 2.57. The number of nitrogens with one attached hydrogen (secondary N) is 1. The SMILES string of the molecule is CCC(C)(NCc1cccs1)C(=O)OC. The van der Waals surface area contributed by atoms with E-state index in [0.717, 1.165) is 0 Å². The normalized spacial score (nSPS) is 14.6. The molecule has 0 radical (unpaired) electrons. The second kappa shape index (κ2) is 5.28. The fourth-order valence-electron chi connectivity index (χ4n) is 1.26. The molecule has 0 bridgehead atoms. The number of methoxy groups -OCH3 is 1. The van der Waals surface area contributed by atoms with Crippen LogP contribution in [0.1, 0.15) is 25.1 Å². The second-order valence-electron chi connectivity index (χ2n) is 3.61. The summed E-state index contributed by atoms with van der Waals surface area (Å²) in [5.41, 5.74) is -0.585. The van der Waals surface area contributed by atoms with Gasteiger partial charge < -0.3 is 4.74 Å². The Kier molecular flexibility index (Phi) is 4.29. The molecule has 0 amide bonds. The van der Waals surface area contributed by atoms with Gasteiger partial charge in [-0.05, 0) is 24.8 Å². The van der Waals surface area contributed by atoms with Gasteiger partial charge in [0.25, 0.3) is 0 Å². The van der Waals surface area contributed by atoms with E-state index in [1.54, 1.807) is 11.3 Å². The Bertz CT molecular complexity index is 310. The molecular formula is C11H17NO2S. The first-order valence-corrected chi connectivity index (χ1v) is 5.86. The summed E-state index contributed by atoms with van der Waals surface area (Å²) in [5.74, 6) is -0.207. The summed E-state index contributed by atoms with van der Waals surface area (Å²) in [7, 11) is 1.42. The molecule has 3 nitrogen and oxygen atoms in total. The van der Waals surface area contributed by atoms with E-state index in [1.165, 1.54) is 12.0 Å². The van der Waals surface area contributed by atoms with Crippen molar-refractivity contribution in [1.82, 2.24) is 5.32 Å². The summed E-state index contributed by atoms with van der Waals surface area (Å²) in [6.07, 6.45) is 0.713. The number of carbonyl (C=O) groups excluding carboxylic acids is 1. The smallest absolute Gasteiger partial charge is 0.325 e. The Labute approximate surface area is 94.5 Å². The lowest BCUT2D eigenvalue weighted by Gasteiger charge is -2.26. The zero-order valence-electron chi connectivity index (χ0n) is 9.37. The van der Waals surface area contributed by atoms with Crippen molar-refractivity contribution >= 4 is 17.3 Å². The minimum absolute atomic E-state index is 0.207. The van der Waals surface area contributed by atoms with E-state index in [2.05, 4.69) is 5.32 Å². The van der Waals surface area contributed by atoms with Crippen molar-refractivity contribution in [2.75, 3.05) is 7.11 Å². The van der Waals surface area contributed by atoms with E-state index in [4.69, 9.17) is 4.74 Å². The molecule has 0 saturated carbocycles. The van der Waals surface area contributed by atoms with Gasteiger partial charge in [-0.15, -0.1) is 11.3 Å². The van der Waals surface area contributed by atoms with Gasteiger partial charge in [-0.25, -0.2) is 0 Å². The van der Waals surface area contributed by atoms with Crippen LogP contribution in [0.15, 0.2) is 17.5 Å². The van der Waals surface area contributed by atoms with Crippen molar-refractivity contribution in [2.24, 2.45) is 0 Å². The lowest BCUT2D eigenvalue weighted by molar-refractivity contribution is -0.148. The van der Waals surface area contributed by atoms with Gasteiger partial charge in [0, 0.05) is 11.4 Å². The molecule has 1 aromatic rings. The van der Waals surface area contributed by atoms with Gasteiger partial charge in [-0.3, -0.25) is 10.1 Å². The summed E-state index contributed by atoms with van der Waals surface area (Å²) < 4.78 is 4.78. The predicted molar refractivity (Wildman–Crippen MR) is 61.9 cm³/mol. The van der Waals surface area contributed by atoms with Crippen LogP contribution in [0.3, 0.4) is 0 Å². The minimum Gasteiger partial charge on any atom is -0.468 e. The van der Waals surface area contributed by atoms with Crippen molar-refractivity contribution in [2.45, 2.75) is 32.4 Å². The molecule has 0 aliphatic rings. The van der Waals surface area contributed by atoms with E-state index in [-0.39, 0.29) is 5.97 Å². The molecule has 1 atom stereocenters. The molecule has 1 N–H and O–H groups in total. The van der Waals surface area contributed by atoms with Gasteiger partial charge in [0.15, 0.2) is 0 Å². The van der Waals surface area contributed by atoms with Gasteiger partial charge in [0.2, 0.25) is 0 Å². The molecule has 4 heteroatoms. The maximum Gasteiger partial charge on any atom is 0.325 e. The highest BCUT2D eigenvalue weighted by Gasteiger charge is 2.31. The number of hydrogen-bond donors (Lipinski definition) is 1. The molecular weight excluding hydrogens is 210 g/mol. The highest BCUT2D eigenvalue weighted by Crippen LogP contribution is 2.14. The summed E-state index contributed by atoms with van der Waals surface area (Å²) in [6.45, 7) is 4.54. The largest absolute Gasteiger partial charge is 0.468 e. The van der Waals surface area contributed by atoms with Crippen molar-refractivity contribution in [1.29, 1.82) is 0 Å². The molecule has 0 spiro atoms. The Morgan fingerprint density at radius 1 is 1.67 bits per heavy atom. The molecule has 1 rings (SSSR count). The molecule has 0 saturated heterocycles. The van der Waals surface area contributed by atoms with Gasteiger partial charge in [0.1, 0.15) is 5.54 Å². The van der Waals surface area contributed by atoms with E-state index < -0.39 is 5.54 Å². The van der Waals surface area contributed by atoms with Crippen LogP contribution in [0.25, 0.3) is 0 Å². The maximum atomic E-state index is 11.5. The molecule has 1 aromatic heterocycles. The summed E-state index contributed by atoms with van der Waals surface area (Å²) in [6, 6.07) is 4.05.